The number of nitrogens with zero attached hydrogens (tertiary/aromatic N) is 2. The Balaban J connectivity index is 1.77. The van der Waals surface area contributed by atoms with Crippen molar-refractivity contribution in [3.05, 3.63) is 46.0 Å². The van der Waals surface area contributed by atoms with Crippen LogP contribution in [-0.4, -0.2) is 22.6 Å². The van der Waals surface area contributed by atoms with E-state index in [9.17, 15) is 4.79 Å². The summed E-state index contributed by atoms with van der Waals surface area (Å²) in [4.78, 5) is 15.7. The Bertz CT molecular complexity index is 872. The van der Waals surface area contributed by atoms with E-state index in [4.69, 9.17) is 9.47 Å². The van der Waals surface area contributed by atoms with Crippen molar-refractivity contribution in [1.29, 1.82) is 0 Å². The maximum atomic E-state index is 11.0. The zero-order valence-electron chi connectivity index (χ0n) is 11.2. The first kappa shape index (κ1) is 13.5. The van der Waals surface area contributed by atoms with Crippen LogP contribution in [0.1, 0.15) is 10.5 Å². The minimum absolute atomic E-state index is 0.236. The predicted molar refractivity (Wildman–Crippen MR) is 86.1 cm³/mol. The standard InChI is InChI=1S/C15H9BrN2O3S/c16-11-5-14-13(20-8-21-14)4-10(11)12-7-22-15(17-12)18-3-1-2-9(18)6-19/h1-7H,8H2. The van der Waals surface area contributed by atoms with Gasteiger partial charge in [-0.25, -0.2) is 4.98 Å². The highest BCUT2D eigenvalue weighted by atomic mass is 79.9. The molecule has 0 fully saturated rings. The molecule has 4 rings (SSSR count). The Morgan fingerprint density at radius 2 is 2.14 bits per heavy atom. The van der Waals surface area contributed by atoms with E-state index in [0.29, 0.717) is 11.4 Å². The van der Waals surface area contributed by atoms with Crippen LogP contribution in [0, 0.1) is 0 Å². The minimum Gasteiger partial charge on any atom is -0.454 e. The van der Waals surface area contributed by atoms with Gasteiger partial charge in [0.2, 0.25) is 6.79 Å². The minimum atomic E-state index is 0.236. The van der Waals surface area contributed by atoms with E-state index in [1.165, 1.54) is 11.3 Å². The number of fused-ring (bicyclic) bond motifs is 1. The summed E-state index contributed by atoms with van der Waals surface area (Å²) >= 11 is 5.01. The van der Waals surface area contributed by atoms with Crippen LogP contribution in [0.4, 0.5) is 0 Å². The van der Waals surface area contributed by atoms with Gasteiger partial charge in [-0.05, 0) is 40.2 Å². The van der Waals surface area contributed by atoms with Gasteiger partial charge < -0.3 is 9.47 Å². The SMILES string of the molecule is O=Cc1cccn1-c1nc(-c2cc3c(cc2Br)OCO3)cs1. The summed E-state index contributed by atoms with van der Waals surface area (Å²) in [7, 11) is 0. The van der Waals surface area contributed by atoms with Gasteiger partial charge >= 0.3 is 0 Å². The van der Waals surface area contributed by atoms with Crippen LogP contribution in [0.15, 0.2) is 40.3 Å². The number of rotatable bonds is 3. The van der Waals surface area contributed by atoms with E-state index >= 15 is 0 Å². The molecule has 0 N–H and O–H groups in total. The average molecular weight is 377 g/mol. The van der Waals surface area contributed by atoms with Crippen molar-refractivity contribution in [2.45, 2.75) is 0 Å². The lowest BCUT2D eigenvalue weighted by Crippen LogP contribution is -1.96. The molecule has 1 aliphatic heterocycles. The van der Waals surface area contributed by atoms with Crippen LogP contribution in [0.25, 0.3) is 16.4 Å². The van der Waals surface area contributed by atoms with Crippen molar-refractivity contribution in [3.8, 4) is 27.9 Å². The number of halogens is 1. The molecule has 110 valence electrons. The van der Waals surface area contributed by atoms with Crippen molar-refractivity contribution < 1.29 is 14.3 Å². The summed E-state index contributed by atoms with van der Waals surface area (Å²) in [5, 5.41) is 2.69. The summed E-state index contributed by atoms with van der Waals surface area (Å²) in [5.74, 6) is 1.43. The third kappa shape index (κ3) is 2.13. The van der Waals surface area contributed by atoms with Gasteiger partial charge in [-0.15, -0.1) is 11.3 Å². The molecule has 3 aromatic rings. The van der Waals surface area contributed by atoms with Gasteiger partial charge in [0, 0.05) is 21.6 Å². The number of hydrogen-bond acceptors (Lipinski definition) is 5. The lowest BCUT2D eigenvalue weighted by Gasteiger charge is -2.04. The number of aromatic nitrogens is 2. The number of aldehydes is 1. The lowest BCUT2D eigenvalue weighted by atomic mass is 10.1. The molecule has 0 saturated carbocycles. The number of hydrogen-bond donors (Lipinski definition) is 0. The quantitative estimate of drug-likeness (QED) is 0.650. The van der Waals surface area contributed by atoms with Gasteiger partial charge in [0.15, 0.2) is 22.9 Å². The largest absolute Gasteiger partial charge is 0.454 e. The summed E-state index contributed by atoms with van der Waals surface area (Å²) < 4.78 is 13.4. The molecular formula is C15H9BrN2O3S. The van der Waals surface area contributed by atoms with Gasteiger partial charge in [-0.2, -0.15) is 0 Å². The molecule has 0 saturated heterocycles. The molecule has 22 heavy (non-hydrogen) atoms. The zero-order chi connectivity index (χ0) is 15.1. The van der Waals surface area contributed by atoms with Crippen molar-refractivity contribution in [2.75, 3.05) is 6.79 Å². The van der Waals surface area contributed by atoms with E-state index in [1.807, 2.05) is 29.8 Å². The Morgan fingerprint density at radius 3 is 2.95 bits per heavy atom. The first-order valence-corrected chi connectivity index (χ1v) is 8.11. The molecule has 0 amide bonds. The van der Waals surface area contributed by atoms with Gasteiger partial charge in [0.1, 0.15) is 0 Å². The Morgan fingerprint density at radius 1 is 1.32 bits per heavy atom. The number of thiazole rings is 1. The number of carbonyl (C=O) groups excluding carboxylic acids is 1. The van der Waals surface area contributed by atoms with E-state index in [0.717, 1.165) is 32.9 Å². The molecule has 3 heterocycles. The summed E-state index contributed by atoms with van der Waals surface area (Å²) in [6.45, 7) is 0.236. The monoisotopic (exact) mass is 376 g/mol. The van der Waals surface area contributed by atoms with Crippen LogP contribution in [0.3, 0.4) is 0 Å². The maximum absolute atomic E-state index is 11.0. The van der Waals surface area contributed by atoms with Crippen LogP contribution in [0.5, 0.6) is 11.5 Å². The summed E-state index contributed by atoms with van der Waals surface area (Å²) in [5.41, 5.74) is 2.31. The fourth-order valence-electron chi connectivity index (χ4n) is 2.28. The molecule has 0 atom stereocenters. The Kier molecular flexibility index (Phi) is 3.24. The van der Waals surface area contributed by atoms with Gasteiger partial charge in [0.25, 0.3) is 0 Å². The highest BCUT2D eigenvalue weighted by Gasteiger charge is 2.19. The third-order valence-electron chi connectivity index (χ3n) is 3.34. The molecule has 2 aromatic heterocycles. The first-order chi connectivity index (χ1) is 10.8. The zero-order valence-corrected chi connectivity index (χ0v) is 13.6. The topological polar surface area (TPSA) is 53.4 Å². The Hall–Kier alpha value is -2.12. The van der Waals surface area contributed by atoms with E-state index in [-0.39, 0.29) is 6.79 Å². The van der Waals surface area contributed by atoms with Crippen LogP contribution in [-0.2, 0) is 0 Å². The van der Waals surface area contributed by atoms with Crippen molar-refractivity contribution >= 4 is 33.6 Å². The molecule has 1 aromatic carbocycles. The Labute approximate surface area is 138 Å². The van der Waals surface area contributed by atoms with Gasteiger partial charge in [0.05, 0.1) is 11.4 Å². The fraction of sp³-hybridized carbons (Fsp3) is 0.0667. The van der Waals surface area contributed by atoms with Crippen molar-refractivity contribution in [2.24, 2.45) is 0 Å². The number of ether oxygens (including phenoxy) is 2. The predicted octanol–water partition coefficient (Wildman–Crippen LogP) is 3.90. The van der Waals surface area contributed by atoms with E-state index in [1.54, 1.807) is 10.6 Å². The normalized spacial score (nSPS) is 12.6. The molecule has 7 heteroatoms. The van der Waals surface area contributed by atoms with Gasteiger partial charge in [-0.1, -0.05) is 0 Å². The molecular weight excluding hydrogens is 368 g/mol. The molecule has 5 nitrogen and oxygen atoms in total. The first-order valence-electron chi connectivity index (χ1n) is 6.44. The molecule has 0 unspecified atom stereocenters. The average Bonchev–Trinajstić information content (AvgIpc) is 3.25. The highest BCUT2D eigenvalue weighted by molar-refractivity contribution is 9.10. The smallest absolute Gasteiger partial charge is 0.231 e. The highest BCUT2D eigenvalue weighted by Crippen LogP contribution is 2.41. The third-order valence-corrected chi connectivity index (χ3v) is 4.83. The second-order valence-corrected chi connectivity index (χ2v) is 6.31. The molecule has 0 spiro atoms. The van der Waals surface area contributed by atoms with Crippen LogP contribution >= 0.6 is 27.3 Å². The second-order valence-electron chi connectivity index (χ2n) is 4.62. The lowest BCUT2D eigenvalue weighted by molar-refractivity contribution is 0.111. The second kappa shape index (κ2) is 5.26. The molecule has 0 aliphatic carbocycles. The number of benzene rings is 1. The van der Waals surface area contributed by atoms with E-state index < -0.39 is 0 Å². The molecule has 0 bridgehead atoms. The fourth-order valence-corrected chi connectivity index (χ4v) is 3.63. The van der Waals surface area contributed by atoms with Gasteiger partial charge in [-0.3, -0.25) is 9.36 Å². The van der Waals surface area contributed by atoms with Crippen molar-refractivity contribution in [1.82, 2.24) is 9.55 Å². The maximum Gasteiger partial charge on any atom is 0.231 e. The molecule has 1 aliphatic rings. The van der Waals surface area contributed by atoms with Crippen LogP contribution in [0.2, 0.25) is 0 Å². The van der Waals surface area contributed by atoms with Crippen LogP contribution < -0.4 is 9.47 Å². The summed E-state index contributed by atoms with van der Waals surface area (Å²) in [6.07, 6.45) is 2.64. The number of carbonyl (C=O) groups is 1. The van der Waals surface area contributed by atoms with Crippen molar-refractivity contribution in [3.63, 3.8) is 0 Å². The summed E-state index contributed by atoms with van der Waals surface area (Å²) in [6, 6.07) is 7.36. The molecule has 0 radical (unpaired) electrons. The van der Waals surface area contributed by atoms with E-state index in [2.05, 4.69) is 20.9 Å².